The van der Waals surface area contributed by atoms with Gasteiger partial charge in [-0.2, -0.15) is 0 Å². The summed E-state index contributed by atoms with van der Waals surface area (Å²) in [5.74, 6) is -0.275. The summed E-state index contributed by atoms with van der Waals surface area (Å²) < 4.78 is 0. The molecule has 21 heavy (non-hydrogen) atoms. The van der Waals surface area contributed by atoms with Crippen LogP contribution in [0.3, 0.4) is 0 Å². The number of nitrogens with one attached hydrogen (secondary N) is 2. The number of aromatic nitrogens is 2. The van der Waals surface area contributed by atoms with E-state index in [0.29, 0.717) is 19.5 Å². The summed E-state index contributed by atoms with van der Waals surface area (Å²) in [6.07, 6.45) is 4.35. The number of carbonyl (C=O) groups is 1. The summed E-state index contributed by atoms with van der Waals surface area (Å²) in [5, 5.41) is 10.6. The largest absolute Gasteiger partial charge is 0.389 e. The molecule has 1 saturated heterocycles. The molecule has 1 aromatic heterocycles. The zero-order valence-electron chi connectivity index (χ0n) is 11.7. The van der Waals surface area contributed by atoms with Crippen LogP contribution < -0.4 is 11.2 Å². The van der Waals surface area contributed by atoms with Gasteiger partial charge in [0.1, 0.15) is 5.69 Å². The van der Waals surface area contributed by atoms with Crippen LogP contribution in [0, 0.1) is 5.92 Å². The Balaban J connectivity index is 1.80. The van der Waals surface area contributed by atoms with Crippen LogP contribution in [-0.4, -0.2) is 44.6 Å². The van der Waals surface area contributed by atoms with Crippen LogP contribution in [0.25, 0.3) is 0 Å². The molecule has 7 nitrogen and oxygen atoms in total. The maximum absolute atomic E-state index is 12.4. The van der Waals surface area contributed by atoms with E-state index in [0.717, 1.165) is 31.7 Å². The highest BCUT2D eigenvalue weighted by molar-refractivity contribution is 5.92. The Kier molecular flexibility index (Phi) is 3.44. The highest BCUT2D eigenvalue weighted by atomic mass is 16.3. The zero-order chi connectivity index (χ0) is 15.0. The molecule has 0 aromatic carbocycles. The average Bonchev–Trinajstić information content (AvgIpc) is 2.44. The number of H-pyrrole nitrogens is 2. The van der Waals surface area contributed by atoms with Gasteiger partial charge < -0.3 is 15.0 Å². The van der Waals surface area contributed by atoms with Gasteiger partial charge in [0.2, 0.25) is 0 Å². The lowest BCUT2D eigenvalue weighted by Crippen LogP contribution is -2.54. The molecule has 7 heteroatoms. The van der Waals surface area contributed by atoms with Crippen LogP contribution in [0.5, 0.6) is 0 Å². The Labute approximate surface area is 121 Å². The Bertz CT molecular complexity index is 636. The molecule has 0 radical (unpaired) electrons. The van der Waals surface area contributed by atoms with E-state index in [1.54, 1.807) is 4.90 Å². The van der Waals surface area contributed by atoms with Crippen molar-refractivity contribution >= 4 is 5.91 Å². The van der Waals surface area contributed by atoms with Crippen molar-refractivity contribution in [3.8, 4) is 0 Å². The Hall–Kier alpha value is -1.89. The summed E-state index contributed by atoms with van der Waals surface area (Å²) in [6, 6.07) is 1.10. The fourth-order valence-corrected chi connectivity index (χ4v) is 3.51. The SMILES string of the molecule is O=C(c1cc(=O)[nH]c(=O)[nH]1)N1CCC2(O)CCCCC2C1. The van der Waals surface area contributed by atoms with Crippen LogP contribution in [0.15, 0.2) is 15.7 Å². The molecule has 2 fully saturated rings. The van der Waals surface area contributed by atoms with Gasteiger partial charge in [0.25, 0.3) is 11.5 Å². The van der Waals surface area contributed by atoms with Gasteiger partial charge in [-0.1, -0.05) is 12.8 Å². The van der Waals surface area contributed by atoms with E-state index < -0.39 is 16.9 Å². The Morgan fingerprint density at radius 1 is 1.29 bits per heavy atom. The van der Waals surface area contributed by atoms with Gasteiger partial charge in [0.05, 0.1) is 5.60 Å². The van der Waals surface area contributed by atoms with Gasteiger partial charge in [-0.3, -0.25) is 14.6 Å². The van der Waals surface area contributed by atoms with Crippen LogP contribution in [-0.2, 0) is 0 Å². The van der Waals surface area contributed by atoms with Crippen LogP contribution in [0.1, 0.15) is 42.6 Å². The van der Waals surface area contributed by atoms with E-state index in [9.17, 15) is 19.5 Å². The van der Waals surface area contributed by atoms with E-state index >= 15 is 0 Å². The summed E-state index contributed by atoms with van der Waals surface area (Å²) in [7, 11) is 0. The van der Waals surface area contributed by atoms with Crippen LogP contribution in [0.2, 0.25) is 0 Å². The average molecular weight is 293 g/mol. The number of rotatable bonds is 1. The molecule has 0 bridgehead atoms. The second kappa shape index (κ2) is 5.14. The number of carbonyl (C=O) groups excluding carboxylic acids is 1. The first kappa shape index (κ1) is 14.1. The molecular formula is C14H19N3O4. The number of nitrogens with zero attached hydrogens (tertiary/aromatic N) is 1. The number of piperidine rings is 1. The predicted molar refractivity (Wildman–Crippen MR) is 75.1 cm³/mol. The van der Waals surface area contributed by atoms with Crippen LogP contribution >= 0.6 is 0 Å². The normalized spacial score (nSPS) is 29.0. The molecule has 1 amide bonds. The second-order valence-corrected chi connectivity index (χ2v) is 6.05. The number of amides is 1. The quantitative estimate of drug-likeness (QED) is 0.668. The lowest BCUT2D eigenvalue weighted by atomic mass is 9.71. The topological polar surface area (TPSA) is 106 Å². The van der Waals surface area contributed by atoms with Crippen molar-refractivity contribution in [3.63, 3.8) is 0 Å². The van der Waals surface area contributed by atoms with Crippen molar-refractivity contribution in [2.75, 3.05) is 13.1 Å². The van der Waals surface area contributed by atoms with Gasteiger partial charge in [-0.05, 0) is 19.3 Å². The van der Waals surface area contributed by atoms with Crippen LogP contribution in [0.4, 0.5) is 0 Å². The third-order valence-electron chi connectivity index (χ3n) is 4.71. The Morgan fingerprint density at radius 3 is 2.86 bits per heavy atom. The minimum Gasteiger partial charge on any atom is -0.389 e. The summed E-state index contributed by atoms with van der Waals surface area (Å²) >= 11 is 0. The van der Waals surface area contributed by atoms with Crippen molar-refractivity contribution in [2.24, 2.45) is 5.92 Å². The molecule has 2 heterocycles. The number of fused-ring (bicyclic) bond motifs is 1. The maximum atomic E-state index is 12.4. The molecule has 2 atom stereocenters. The molecule has 1 aromatic rings. The number of aliphatic hydroxyl groups is 1. The minimum absolute atomic E-state index is 0.00463. The fraction of sp³-hybridized carbons (Fsp3) is 0.643. The molecule has 2 aliphatic rings. The minimum atomic E-state index is -0.683. The molecule has 1 aliphatic carbocycles. The van der Waals surface area contributed by atoms with E-state index in [1.807, 2.05) is 4.98 Å². The van der Waals surface area contributed by atoms with Gasteiger partial charge in [0.15, 0.2) is 0 Å². The van der Waals surface area contributed by atoms with Crippen molar-refractivity contribution in [2.45, 2.75) is 37.7 Å². The maximum Gasteiger partial charge on any atom is 0.326 e. The number of likely N-dealkylation sites (tertiary alicyclic amines) is 1. The van der Waals surface area contributed by atoms with Crippen molar-refractivity contribution in [1.82, 2.24) is 14.9 Å². The monoisotopic (exact) mass is 293 g/mol. The third-order valence-corrected chi connectivity index (χ3v) is 4.71. The standard InChI is InChI=1S/C14H19N3O4/c18-11-7-10(15-13(20)16-11)12(19)17-6-5-14(21)4-2-1-3-9(14)8-17/h7,9,21H,1-6,8H2,(H2,15,16,18,20). The third kappa shape index (κ3) is 2.65. The second-order valence-electron chi connectivity index (χ2n) is 6.05. The number of hydrogen-bond acceptors (Lipinski definition) is 4. The summed E-state index contributed by atoms with van der Waals surface area (Å²) in [5.41, 5.74) is -1.92. The van der Waals surface area contributed by atoms with Gasteiger partial charge in [-0.15, -0.1) is 0 Å². The van der Waals surface area contributed by atoms with Crippen molar-refractivity contribution in [3.05, 3.63) is 32.6 Å². The molecule has 1 aliphatic heterocycles. The zero-order valence-corrected chi connectivity index (χ0v) is 11.7. The van der Waals surface area contributed by atoms with E-state index in [4.69, 9.17) is 0 Å². The highest BCUT2D eigenvalue weighted by Crippen LogP contribution is 2.39. The van der Waals surface area contributed by atoms with Crippen molar-refractivity contribution < 1.29 is 9.90 Å². The molecular weight excluding hydrogens is 274 g/mol. The summed E-state index contributed by atoms with van der Waals surface area (Å²) in [6.45, 7) is 0.921. The predicted octanol–water partition coefficient (Wildman–Crippen LogP) is -0.170. The molecule has 3 N–H and O–H groups in total. The Morgan fingerprint density at radius 2 is 2.10 bits per heavy atom. The van der Waals surface area contributed by atoms with E-state index in [2.05, 4.69) is 4.98 Å². The fourth-order valence-electron chi connectivity index (χ4n) is 3.51. The summed E-state index contributed by atoms with van der Waals surface area (Å²) in [4.78, 5) is 41.0. The van der Waals surface area contributed by atoms with Gasteiger partial charge >= 0.3 is 5.69 Å². The van der Waals surface area contributed by atoms with E-state index in [1.165, 1.54) is 0 Å². The smallest absolute Gasteiger partial charge is 0.326 e. The molecule has 0 spiro atoms. The van der Waals surface area contributed by atoms with E-state index in [-0.39, 0.29) is 17.5 Å². The van der Waals surface area contributed by atoms with Crippen molar-refractivity contribution in [1.29, 1.82) is 0 Å². The number of aromatic amines is 2. The molecule has 114 valence electrons. The first-order valence-electron chi connectivity index (χ1n) is 7.33. The molecule has 2 unspecified atom stereocenters. The lowest BCUT2D eigenvalue weighted by molar-refractivity contribution is -0.0886. The molecule has 1 saturated carbocycles. The van der Waals surface area contributed by atoms with Gasteiger partial charge in [0, 0.05) is 25.1 Å². The molecule has 3 rings (SSSR count). The lowest BCUT2D eigenvalue weighted by Gasteiger charge is -2.47. The van der Waals surface area contributed by atoms with Gasteiger partial charge in [-0.25, -0.2) is 4.79 Å². The highest BCUT2D eigenvalue weighted by Gasteiger charge is 2.43. The first-order chi connectivity index (χ1) is 9.98. The first-order valence-corrected chi connectivity index (χ1v) is 7.33. The number of hydrogen-bond donors (Lipinski definition) is 3.